The Hall–Kier alpha value is -2.18. The SMILES string of the molecule is Cl.O=c1cc(C2CCNCC2)n2ncc(-c3cccnc3)c2[nH]1. The smallest absolute Gasteiger partial charge is 0.251 e. The average Bonchev–Trinajstić information content (AvgIpc) is 2.99. The molecule has 3 aromatic heterocycles. The molecule has 1 saturated heterocycles. The summed E-state index contributed by atoms with van der Waals surface area (Å²) >= 11 is 0. The molecule has 0 bridgehead atoms. The lowest BCUT2D eigenvalue weighted by molar-refractivity contribution is 0.446. The largest absolute Gasteiger partial charge is 0.317 e. The zero-order chi connectivity index (χ0) is 14.9. The summed E-state index contributed by atoms with van der Waals surface area (Å²) < 4.78 is 1.87. The van der Waals surface area contributed by atoms with Gasteiger partial charge in [0.15, 0.2) is 0 Å². The third-order valence-corrected chi connectivity index (χ3v) is 4.26. The summed E-state index contributed by atoms with van der Waals surface area (Å²) in [5.74, 6) is 0.368. The molecule has 0 saturated carbocycles. The molecule has 4 rings (SSSR count). The number of nitrogens with one attached hydrogen (secondary N) is 2. The Labute approximate surface area is 139 Å². The van der Waals surface area contributed by atoms with Crippen LogP contribution in [0.3, 0.4) is 0 Å². The van der Waals surface area contributed by atoms with Crippen molar-refractivity contribution in [2.45, 2.75) is 18.8 Å². The summed E-state index contributed by atoms with van der Waals surface area (Å²) in [4.78, 5) is 19.2. The first-order chi connectivity index (χ1) is 10.8. The van der Waals surface area contributed by atoms with E-state index in [1.54, 1.807) is 24.7 Å². The van der Waals surface area contributed by atoms with Gasteiger partial charge in [0.1, 0.15) is 5.65 Å². The van der Waals surface area contributed by atoms with Gasteiger partial charge in [0.05, 0.1) is 11.9 Å². The molecule has 0 spiro atoms. The Balaban J connectivity index is 0.00000156. The second-order valence-electron chi connectivity index (χ2n) is 5.64. The van der Waals surface area contributed by atoms with E-state index in [1.807, 2.05) is 16.6 Å². The summed E-state index contributed by atoms with van der Waals surface area (Å²) in [7, 11) is 0. The molecule has 23 heavy (non-hydrogen) atoms. The van der Waals surface area contributed by atoms with Crippen LogP contribution in [0.1, 0.15) is 24.5 Å². The molecule has 1 aliphatic heterocycles. The van der Waals surface area contributed by atoms with Gasteiger partial charge in [-0.2, -0.15) is 5.10 Å². The number of rotatable bonds is 2. The van der Waals surface area contributed by atoms with Crippen molar-refractivity contribution in [3.05, 3.63) is 52.8 Å². The molecule has 1 fully saturated rings. The lowest BCUT2D eigenvalue weighted by Gasteiger charge is -2.23. The summed E-state index contributed by atoms with van der Waals surface area (Å²) in [6, 6.07) is 5.54. The van der Waals surface area contributed by atoms with Crippen LogP contribution in [-0.2, 0) is 0 Å². The zero-order valence-corrected chi connectivity index (χ0v) is 13.3. The highest BCUT2D eigenvalue weighted by molar-refractivity contribution is 5.85. The molecular formula is C16H18ClN5O. The minimum absolute atomic E-state index is 0. The van der Waals surface area contributed by atoms with E-state index in [4.69, 9.17) is 0 Å². The van der Waals surface area contributed by atoms with E-state index < -0.39 is 0 Å². The van der Waals surface area contributed by atoms with E-state index in [-0.39, 0.29) is 18.0 Å². The number of piperidine rings is 1. The Morgan fingerprint density at radius 2 is 2.04 bits per heavy atom. The molecule has 0 radical (unpaired) electrons. The predicted octanol–water partition coefficient (Wildman–Crippen LogP) is 1.97. The van der Waals surface area contributed by atoms with Crippen molar-refractivity contribution < 1.29 is 0 Å². The minimum Gasteiger partial charge on any atom is -0.317 e. The van der Waals surface area contributed by atoms with Crippen LogP contribution < -0.4 is 10.9 Å². The molecule has 6 nitrogen and oxygen atoms in total. The number of halogens is 1. The Bertz CT molecular complexity index is 852. The number of pyridine rings is 1. The highest BCUT2D eigenvalue weighted by atomic mass is 35.5. The Kier molecular flexibility index (Phi) is 4.45. The molecule has 4 heterocycles. The predicted molar refractivity (Wildman–Crippen MR) is 91.1 cm³/mol. The standard InChI is InChI=1S/C16H17N5O.ClH/c22-15-8-14(11-3-6-17-7-4-11)21-16(20-15)13(10-19-21)12-2-1-5-18-9-12;/h1-2,5,8-11,17H,3-4,6-7H2,(H,20,22);1H. The summed E-state index contributed by atoms with van der Waals surface area (Å²) in [5, 5.41) is 7.86. The molecule has 0 aromatic carbocycles. The minimum atomic E-state index is -0.0772. The van der Waals surface area contributed by atoms with Gasteiger partial charge < -0.3 is 10.3 Å². The van der Waals surface area contributed by atoms with Crippen LogP contribution in [-0.4, -0.2) is 32.7 Å². The van der Waals surface area contributed by atoms with Gasteiger partial charge in [0.25, 0.3) is 5.56 Å². The molecule has 3 aromatic rings. The second-order valence-corrected chi connectivity index (χ2v) is 5.64. The van der Waals surface area contributed by atoms with Gasteiger partial charge in [-0.05, 0) is 32.0 Å². The first-order valence-electron chi connectivity index (χ1n) is 7.55. The van der Waals surface area contributed by atoms with Crippen LogP contribution in [0.5, 0.6) is 0 Å². The fourth-order valence-corrected chi connectivity index (χ4v) is 3.15. The molecular weight excluding hydrogens is 314 g/mol. The van der Waals surface area contributed by atoms with Crippen LogP contribution in [0, 0.1) is 0 Å². The lowest BCUT2D eigenvalue weighted by Crippen LogP contribution is -2.28. The Morgan fingerprint density at radius 1 is 1.22 bits per heavy atom. The fraction of sp³-hybridized carbons (Fsp3) is 0.312. The topological polar surface area (TPSA) is 75.1 Å². The van der Waals surface area contributed by atoms with E-state index in [0.29, 0.717) is 5.92 Å². The highest BCUT2D eigenvalue weighted by Crippen LogP contribution is 2.27. The summed E-state index contributed by atoms with van der Waals surface area (Å²) in [6.45, 7) is 1.96. The van der Waals surface area contributed by atoms with Gasteiger partial charge >= 0.3 is 0 Å². The van der Waals surface area contributed by atoms with Gasteiger partial charge in [0, 0.05) is 35.5 Å². The van der Waals surface area contributed by atoms with E-state index in [1.165, 1.54) is 0 Å². The maximum absolute atomic E-state index is 12.1. The summed E-state index contributed by atoms with van der Waals surface area (Å²) in [6.07, 6.45) is 7.37. The molecule has 0 unspecified atom stereocenters. The number of aromatic amines is 1. The number of H-pyrrole nitrogens is 1. The first kappa shape index (κ1) is 15.7. The quantitative estimate of drug-likeness (QED) is 0.753. The number of nitrogens with zero attached hydrogens (tertiary/aromatic N) is 3. The fourth-order valence-electron chi connectivity index (χ4n) is 3.15. The van der Waals surface area contributed by atoms with Crippen molar-refractivity contribution in [1.29, 1.82) is 0 Å². The maximum atomic E-state index is 12.1. The summed E-state index contributed by atoms with van der Waals surface area (Å²) in [5.41, 5.74) is 3.52. The van der Waals surface area contributed by atoms with Crippen molar-refractivity contribution in [2.75, 3.05) is 13.1 Å². The lowest BCUT2D eigenvalue weighted by atomic mass is 9.94. The monoisotopic (exact) mass is 331 g/mol. The Morgan fingerprint density at radius 3 is 2.78 bits per heavy atom. The zero-order valence-electron chi connectivity index (χ0n) is 12.5. The molecule has 0 amide bonds. The van der Waals surface area contributed by atoms with Gasteiger partial charge in [-0.1, -0.05) is 6.07 Å². The third kappa shape index (κ3) is 2.87. The van der Waals surface area contributed by atoms with Gasteiger partial charge in [-0.3, -0.25) is 9.78 Å². The molecule has 2 N–H and O–H groups in total. The van der Waals surface area contributed by atoms with Crippen LogP contribution in [0.4, 0.5) is 0 Å². The number of hydrogen-bond acceptors (Lipinski definition) is 4. The van der Waals surface area contributed by atoms with Crippen LogP contribution in [0.2, 0.25) is 0 Å². The van der Waals surface area contributed by atoms with E-state index in [2.05, 4.69) is 20.4 Å². The molecule has 1 aliphatic rings. The highest BCUT2D eigenvalue weighted by Gasteiger charge is 2.20. The number of aromatic nitrogens is 4. The van der Waals surface area contributed by atoms with Crippen LogP contribution in [0.25, 0.3) is 16.8 Å². The van der Waals surface area contributed by atoms with Gasteiger partial charge in [-0.25, -0.2) is 4.52 Å². The third-order valence-electron chi connectivity index (χ3n) is 4.26. The van der Waals surface area contributed by atoms with Crippen LogP contribution >= 0.6 is 12.4 Å². The molecule has 7 heteroatoms. The number of hydrogen-bond donors (Lipinski definition) is 2. The average molecular weight is 332 g/mol. The van der Waals surface area contributed by atoms with Crippen molar-refractivity contribution in [3.63, 3.8) is 0 Å². The second kappa shape index (κ2) is 6.52. The van der Waals surface area contributed by atoms with Crippen molar-refractivity contribution >= 4 is 18.1 Å². The number of fused-ring (bicyclic) bond motifs is 1. The normalized spacial score (nSPS) is 15.5. The maximum Gasteiger partial charge on any atom is 0.251 e. The molecule has 120 valence electrons. The molecule has 0 aliphatic carbocycles. The van der Waals surface area contributed by atoms with Crippen LogP contribution in [0.15, 0.2) is 41.6 Å². The molecule has 0 atom stereocenters. The van der Waals surface area contributed by atoms with Gasteiger partial charge in [-0.15, -0.1) is 12.4 Å². The van der Waals surface area contributed by atoms with E-state index in [9.17, 15) is 4.79 Å². The van der Waals surface area contributed by atoms with E-state index >= 15 is 0 Å². The van der Waals surface area contributed by atoms with Crippen molar-refractivity contribution in [3.8, 4) is 11.1 Å². The van der Waals surface area contributed by atoms with E-state index in [0.717, 1.165) is 48.4 Å². The first-order valence-corrected chi connectivity index (χ1v) is 7.55. The van der Waals surface area contributed by atoms with Crippen molar-refractivity contribution in [2.24, 2.45) is 0 Å². The van der Waals surface area contributed by atoms with Crippen molar-refractivity contribution in [1.82, 2.24) is 24.9 Å². The van der Waals surface area contributed by atoms with Gasteiger partial charge in [0.2, 0.25) is 0 Å².